The SMILES string of the molecule is C=C(NCc1ccc(C(SC)=C(C)C)cc1)C(CCCC(C)CC)CC(C)(C)C. The zero-order valence-electron chi connectivity index (χ0n) is 20.3. The lowest BCUT2D eigenvalue weighted by Gasteiger charge is -2.28. The van der Waals surface area contributed by atoms with Gasteiger partial charge in [-0.2, -0.15) is 0 Å². The number of allylic oxidation sites excluding steroid dienone is 2. The van der Waals surface area contributed by atoms with Crippen LogP contribution in [0.2, 0.25) is 0 Å². The van der Waals surface area contributed by atoms with Gasteiger partial charge in [-0.3, -0.25) is 0 Å². The molecule has 1 N–H and O–H groups in total. The Morgan fingerprint density at radius 1 is 1.10 bits per heavy atom. The largest absolute Gasteiger partial charge is 0.385 e. The molecule has 0 radical (unpaired) electrons. The van der Waals surface area contributed by atoms with Gasteiger partial charge >= 0.3 is 0 Å². The standard InChI is InChI=1S/C27H45NS/c1-10-21(4)12-11-13-25(18-27(6,7)8)22(5)28-19-23-14-16-24(17-15-23)26(29-9)20(2)3/h14-17,21,25,28H,5,10-13,18-19H2,1-4,6-9H3. The highest BCUT2D eigenvalue weighted by Crippen LogP contribution is 2.32. The van der Waals surface area contributed by atoms with Gasteiger partial charge in [0, 0.05) is 17.1 Å². The van der Waals surface area contributed by atoms with Crippen LogP contribution in [0.1, 0.15) is 91.7 Å². The van der Waals surface area contributed by atoms with Gasteiger partial charge in [-0.1, -0.05) is 90.3 Å². The van der Waals surface area contributed by atoms with Crippen molar-refractivity contribution in [3.63, 3.8) is 0 Å². The summed E-state index contributed by atoms with van der Waals surface area (Å²) < 4.78 is 0. The Morgan fingerprint density at radius 3 is 2.21 bits per heavy atom. The van der Waals surface area contributed by atoms with Crippen LogP contribution in [0, 0.1) is 17.3 Å². The van der Waals surface area contributed by atoms with Crippen LogP contribution < -0.4 is 5.32 Å². The Kier molecular flexibility index (Phi) is 11.2. The molecule has 1 rings (SSSR count). The third-order valence-electron chi connectivity index (χ3n) is 5.69. The first-order valence-electron chi connectivity index (χ1n) is 11.3. The van der Waals surface area contributed by atoms with Crippen molar-refractivity contribution in [3.05, 3.63) is 53.2 Å². The average Bonchev–Trinajstić information content (AvgIpc) is 2.65. The van der Waals surface area contributed by atoms with Crippen molar-refractivity contribution in [2.45, 2.75) is 87.1 Å². The van der Waals surface area contributed by atoms with Crippen molar-refractivity contribution in [1.29, 1.82) is 0 Å². The summed E-state index contributed by atoms with van der Waals surface area (Å²) in [5.41, 5.74) is 5.54. The van der Waals surface area contributed by atoms with Gasteiger partial charge in [0.25, 0.3) is 0 Å². The van der Waals surface area contributed by atoms with E-state index in [0.29, 0.717) is 11.3 Å². The lowest BCUT2D eigenvalue weighted by molar-refractivity contribution is 0.291. The molecule has 0 saturated heterocycles. The summed E-state index contributed by atoms with van der Waals surface area (Å²) in [5.74, 6) is 1.38. The second-order valence-corrected chi connectivity index (χ2v) is 10.8. The average molecular weight is 416 g/mol. The normalized spacial score (nSPS) is 13.7. The number of hydrogen-bond acceptors (Lipinski definition) is 2. The van der Waals surface area contributed by atoms with Crippen LogP contribution in [0.25, 0.3) is 4.91 Å². The fourth-order valence-corrected chi connectivity index (χ4v) is 4.58. The molecular formula is C27H45NS. The summed E-state index contributed by atoms with van der Waals surface area (Å²) in [7, 11) is 0. The molecule has 2 atom stereocenters. The minimum Gasteiger partial charge on any atom is -0.385 e. The molecular weight excluding hydrogens is 370 g/mol. The van der Waals surface area contributed by atoms with Gasteiger partial charge in [0.05, 0.1) is 0 Å². The summed E-state index contributed by atoms with van der Waals surface area (Å²) in [6.07, 6.45) is 8.49. The van der Waals surface area contributed by atoms with Crippen molar-refractivity contribution in [2.75, 3.05) is 6.26 Å². The van der Waals surface area contributed by atoms with Gasteiger partial charge in [0.15, 0.2) is 0 Å². The summed E-state index contributed by atoms with van der Waals surface area (Å²) in [5, 5.41) is 3.65. The molecule has 0 spiro atoms. The predicted molar refractivity (Wildman–Crippen MR) is 135 cm³/mol. The van der Waals surface area contributed by atoms with E-state index < -0.39 is 0 Å². The maximum Gasteiger partial charge on any atom is 0.0397 e. The lowest BCUT2D eigenvalue weighted by atomic mass is 9.80. The van der Waals surface area contributed by atoms with Gasteiger partial charge in [-0.05, 0) is 61.3 Å². The molecule has 0 fully saturated rings. The van der Waals surface area contributed by atoms with Gasteiger partial charge in [0.2, 0.25) is 0 Å². The molecule has 164 valence electrons. The number of thioether (sulfide) groups is 1. The zero-order valence-corrected chi connectivity index (χ0v) is 21.1. The molecule has 0 aliphatic rings. The van der Waals surface area contributed by atoms with E-state index in [2.05, 4.69) is 90.9 Å². The molecule has 0 aliphatic carbocycles. The van der Waals surface area contributed by atoms with E-state index in [0.717, 1.165) is 12.5 Å². The van der Waals surface area contributed by atoms with Gasteiger partial charge in [-0.15, -0.1) is 11.8 Å². The molecule has 29 heavy (non-hydrogen) atoms. The Morgan fingerprint density at radius 2 is 1.72 bits per heavy atom. The molecule has 0 bridgehead atoms. The quantitative estimate of drug-likeness (QED) is 0.366. The van der Waals surface area contributed by atoms with Crippen LogP contribution in [0.3, 0.4) is 0 Å². The van der Waals surface area contributed by atoms with Crippen LogP contribution in [-0.2, 0) is 6.54 Å². The number of rotatable bonds is 12. The summed E-state index contributed by atoms with van der Waals surface area (Å²) in [6.45, 7) is 21.3. The fourth-order valence-electron chi connectivity index (χ4n) is 3.80. The molecule has 1 aromatic carbocycles. The minimum atomic E-state index is 0.325. The molecule has 0 aromatic heterocycles. The summed E-state index contributed by atoms with van der Waals surface area (Å²) in [6, 6.07) is 8.99. The molecule has 1 nitrogen and oxygen atoms in total. The number of nitrogens with one attached hydrogen (secondary N) is 1. The maximum atomic E-state index is 4.43. The van der Waals surface area contributed by atoms with Crippen molar-refractivity contribution in [1.82, 2.24) is 5.32 Å². The number of hydrogen-bond donors (Lipinski definition) is 1. The first-order valence-corrected chi connectivity index (χ1v) is 12.5. The van der Waals surface area contributed by atoms with E-state index in [1.54, 1.807) is 0 Å². The van der Waals surface area contributed by atoms with Crippen molar-refractivity contribution in [2.24, 2.45) is 17.3 Å². The lowest BCUT2D eigenvalue weighted by Crippen LogP contribution is -2.23. The van der Waals surface area contributed by atoms with Crippen LogP contribution >= 0.6 is 11.8 Å². The van der Waals surface area contributed by atoms with E-state index in [1.807, 2.05) is 11.8 Å². The third-order valence-corrected chi connectivity index (χ3v) is 6.74. The van der Waals surface area contributed by atoms with Gasteiger partial charge < -0.3 is 5.32 Å². The molecule has 1 aromatic rings. The second-order valence-electron chi connectivity index (χ2n) is 10.0. The van der Waals surface area contributed by atoms with Crippen LogP contribution in [0.5, 0.6) is 0 Å². The van der Waals surface area contributed by atoms with Crippen molar-refractivity contribution < 1.29 is 0 Å². The highest BCUT2D eigenvalue weighted by molar-refractivity contribution is 8.07. The zero-order chi connectivity index (χ0) is 22.0. The monoisotopic (exact) mass is 415 g/mol. The molecule has 0 saturated carbocycles. The van der Waals surface area contributed by atoms with E-state index in [9.17, 15) is 0 Å². The molecule has 0 amide bonds. The second kappa shape index (κ2) is 12.5. The third kappa shape index (κ3) is 9.94. The van der Waals surface area contributed by atoms with Crippen molar-refractivity contribution in [3.8, 4) is 0 Å². The summed E-state index contributed by atoms with van der Waals surface area (Å²) >= 11 is 1.83. The molecule has 2 unspecified atom stereocenters. The van der Waals surface area contributed by atoms with Crippen molar-refractivity contribution >= 4 is 16.7 Å². The minimum absolute atomic E-state index is 0.325. The highest BCUT2D eigenvalue weighted by atomic mass is 32.2. The summed E-state index contributed by atoms with van der Waals surface area (Å²) in [4.78, 5) is 1.38. The van der Waals surface area contributed by atoms with Crippen LogP contribution in [0.15, 0.2) is 42.1 Å². The predicted octanol–water partition coefficient (Wildman–Crippen LogP) is 8.67. The topological polar surface area (TPSA) is 12.0 Å². The maximum absolute atomic E-state index is 4.43. The Bertz CT molecular complexity index is 644. The van der Waals surface area contributed by atoms with Gasteiger partial charge in [0.1, 0.15) is 0 Å². The molecule has 0 aliphatic heterocycles. The van der Waals surface area contributed by atoms with E-state index in [4.69, 9.17) is 0 Å². The smallest absolute Gasteiger partial charge is 0.0397 e. The van der Waals surface area contributed by atoms with Crippen LogP contribution in [0.4, 0.5) is 0 Å². The van der Waals surface area contributed by atoms with E-state index >= 15 is 0 Å². The van der Waals surface area contributed by atoms with Gasteiger partial charge in [-0.25, -0.2) is 0 Å². The molecule has 0 heterocycles. The molecule has 2 heteroatoms. The first-order chi connectivity index (χ1) is 13.6. The Labute approximate surface area is 185 Å². The fraction of sp³-hybridized carbons (Fsp3) is 0.630. The number of benzene rings is 1. The highest BCUT2D eigenvalue weighted by Gasteiger charge is 2.21. The Balaban J connectivity index is 2.70. The van der Waals surface area contributed by atoms with E-state index in [1.165, 1.54) is 59.4 Å². The first kappa shape index (κ1) is 25.9. The Hall–Kier alpha value is -1.15. The van der Waals surface area contributed by atoms with Crippen LogP contribution in [-0.4, -0.2) is 6.26 Å². The van der Waals surface area contributed by atoms with E-state index in [-0.39, 0.29) is 0 Å².